The topological polar surface area (TPSA) is 36.0 Å². The van der Waals surface area contributed by atoms with Crippen molar-refractivity contribution >= 4 is 17.2 Å². The molecule has 0 bridgehead atoms. The van der Waals surface area contributed by atoms with E-state index in [4.69, 9.17) is 4.74 Å². The Morgan fingerprint density at radius 3 is 2.61 bits per heavy atom. The van der Waals surface area contributed by atoms with Crippen molar-refractivity contribution in [3.05, 3.63) is 51.7 Å². The molecule has 5 nitrogen and oxygen atoms in total. The number of amides is 1. The molecule has 0 radical (unpaired) electrons. The summed E-state index contributed by atoms with van der Waals surface area (Å²) in [6.45, 7) is 7.71. The summed E-state index contributed by atoms with van der Waals surface area (Å²) in [7, 11) is 1.67. The molecule has 3 aliphatic heterocycles. The largest absolute Gasteiger partial charge is 0.497 e. The molecule has 3 aliphatic rings. The summed E-state index contributed by atoms with van der Waals surface area (Å²) in [5, 5.41) is 2.37. The van der Waals surface area contributed by atoms with Gasteiger partial charge in [-0.25, -0.2) is 0 Å². The Hall–Kier alpha value is -1.89. The quantitative estimate of drug-likeness (QED) is 0.604. The summed E-state index contributed by atoms with van der Waals surface area (Å²) in [5.74, 6) is 1.71. The Bertz CT molecular complexity index is 922. The van der Waals surface area contributed by atoms with E-state index >= 15 is 0 Å². The van der Waals surface area contributed by atoms with Crippen LogP contribution < -0.4 is 4.74 Å². The minimum Gasteiger partial charge on any atom is -0.497 e. The first-order valence-corrected chi connectivity index (χ1v) is 13.5. The molecule has 0 aliphatic carbocycles. The van der Waals surface area contributed by atoms with Crippen LogP contribution in [-0.4, -0.2) is 66.5 Å². The summed E-state index contributed by atoms with van der Waals surface area (Å²) >= 11 is 1.93. The first kappa shape index (κ1) is 22.9. The average molecular weight is 468 g/mol. The average Bonchev–Trinajstić information content (AvgIpc) is 3.52. The molecule has 0 N–H and O–H groups in total. The van der Waals surface area contributed by atoms with Gasteiger partial charge in [-0.2, -0.15) is 0 Å². The Morgan fingerprint density at radius 1 is 1.00 bits per heavy atom. The van der Waals surface area contributed by atoms with Gasteiger partial charge in [-0.3, -0.25) is 14.6 Å². The lowest BCUT2D eigenvalue weighted by atomic mass is 9.83. The van der Waals surface area contributed by atoms with E-state index in [0.717, 1.165) is 43.9 Å². The molecule has 3 fully saturated rings. The van der Waals surface area contributed by atoms with Crippen molar-refractivity contribution in [3.63, 3.8) is 0 Å². The van der Waals surface area contributed by atoms with E-state index < -0.39 is 0 Å². The predicted octanol–water partition coefficient (Wildman–Crippen LogP) is 4.41. The number of hydrogen-bond donors (Lipinski definition) is 0. The molecule has 33 heavy (non-hydrogen) atoms. The van der Waals surface area contributed by atoms with Crippen LogP contribution in [0.1, 0.15) is 48.1 Å². The number of fused-ring (bicyclic) bond motifs is 1. The molecule has 2 aromatic rings. The highest BCUT2D eigenvalue weighted by molar-refractivity contribution is 7.10. The molecular weight excluding hydrogens is 430 g/mol. The molecule has 1 amide bonds. The second-order valence-corrected chi connectivity index (χ2v) is 11.0. The molecule has 0 spiro atoms. The maximum absolute atomic E-state index is 13.0. The van der Waals surface area contributed by atoms with Crippen LogP contribution >= 0.6 is 11.3 Å². The van der Waals surface area contributed by atoms with Gasteiger partial charge in [0.15, 0.2) is 0 Å². The number of ether oxygens (including phenoxy) is 1. The van der Waals surface area contributed by atoms with Gasteiger partial charge in [0.1, 0.15) is 5.75 Å². The summed E-state index contributed by atoms with van der Waals surface area (Å²) < 4.78 is 5.23. The van der Waals surface area contributed by atoms with E-state index in [2.05, 4.69) is 26.1 Å². The van der Waals surface area contributed by atoms with Gasteiger partial charge >= 0.3 is 0 Å². The Morgan fingerprint density at radius 2 is 1.82 bits per heavy atom. The standard InChI is InChI=1S/C27H37N3O2S/c1-32-24-8-6-21(7-9-24)16-27(31)30-14-10-26-23(18-30)5-4-13-29(26)19-25-15-22(20-33-25)17-28-11-2-3-12-28/h6-9,15,20,23,26H,2-5,10-14,16-19H2,1H3/t23-,26+/m1/s1. The fourth-order valence-electron chi connectivity index (χ4n) is 5.95. The molecule has 2 atom stereocenters. The highest BCUT2D eigenvalue weighted by Gasteiger charge is 2.37. The van der Waals surface area contributed by atoms with Gasteiger partial charge in [0.2, 0.25) is 5.91 Å². The molecule has 4 heterocycles. The van der Waals surface area contributed by atoms with Gasteiger partial charge < -0.3 is 9.64 Å². The second kappa shape index (κ2) is 10.6. The number of piperidine rings is 2. The Labute approximate surface area is 202 Å². The first-order chi connectivity index (χ1) is 16.2. The lowest BCUT2D eigenvalue weighted by Crippen LogP contribution is -2.55. The monoisotopic (exact) mass is 467 g/mol. The van der Waals surface area contributed by atoms with Gasteiger partial charge in [0.05, 0.1) is 13.5 Å². The normalized spacial score (nSPS) is 24.1. The first-order valence-electron chi connectivity index (χ1n) is 12.6. The highest BCUT2D eigenvalue weighted by Crippen LogP contribution is 2.33. The van der Waals surface area contributed by atoms with E-state index in [1.807, 2.05) is 35.6 Å². The third-order valence-electron chi connectivity index (χ3n) is 7.72. The van der Waals surface area contributed by atoms with Gasteiger partial charge in [-0.1, -0.05) is 12.1 Å². The molecule has 178 valence electrons. The molecule has 0 saturated carbocycles. The third-order valence-corrected chi connectivity index (χ3v) is 8.69. The minimum absolute atomic E-state index is 0.264. The summed E-state index contributed by atoms with van der Waals surface area (Å²) in [6.07, 6.45) is 6.79. The maximum atomic E-state index is 13.0. The van der Waals surface area contributed by atoms with Gasteiger partial charge in [0, 0.05) is 37.1 Å². The van der Waals surface area contributed by atoms with Crippen molar-refractivity contribution < 1.29 is 9.53 Å². The smallest absolute Gasteiger partial charge is 0.227 e. The van der Waals surface area contributed by atoms with Crippen molar-refractivity contribution in [2.75, 3.05) is 39.8 Å². The van der Waals surface area contributed by atoms with Gasteiger partial charge in [-0.15, -0.1) is 11.3 Å². The van der Waals surface area contributed by atoms with Gasteiger partial charge in [0.25, 0.3) is 0 Å². The van der Waals surface area contributed by atoms with Crippen LogP contribution in [0, 0.1) is 5.92 Å². The number of methoxy groups -OCH3 is 1. The molecular formula is C27H37N3O2S. The molecule has 1 aromatic heterocycles. The SMILES string of the molecule is COc1ccc(CC(=O)N2CC[C@H]3[C@H](CCCN3Cc3cc(CN4CCCC4)cs3)C2)cc1. The van der Waals surface area contributed by atoms with Crippen molar-refractivity contribution in [2.45, 2.75) is 57.7 Å². The van der Waals surface area contributed by atoms with Crippen molar-refractivity contribution in [3.8, 4) is 5.75 Å². The van der Waals surface area contributed by atoms with Crippen LogP contribution in [-0.2, 0) is 24.3 Å². The fourth-order valence-corrected chi connectivity index (χ4v) is 6.86. The number of hydrogen-bond acceptors (Lipinski definition) is 5. The minimum atomic E-state index is 0.264. The van der Waals surface area contributed by atoms with E-state index in [0.29, 0.717) is 18.4 Å². The number of likely N-dealkylation sites (tertiary alicyclic amines) is 3. The fraction of sp³-hybridized carbons (Fsp3) is 0.593. The van der Waals surface area contributed by atoms with Crippen LogP contribution in [0.3, 0.4) is 0 Å². The zero-order valence-corrected chi connectivity index (χ0v) is 20.7. The van der Waals surface area contributed by atoms with Crippen LogP contribution in [0.15, 0.2) is 35.7 Å². The third kappa shape index (κ3) is 5.61. The highest BCUT2D eigenvalue weighted by atomic mass is 32.1. The molecule has 5 rings (SSSR count). The number of benzene rings is 1. The second-order valence-electron chi connectivity index (χ2n) is 10.00. The van der Waals surface area contributed by atoms with E-state index in [1.165, 1.54) is 55.8 Å². The summed E-state index contributed by atoms with van der Waals surface area (Å²) in [6, 6.07) is 11.0. The molecule has 1 aromatic carbocycles. The lowest BCUT2D eigenvalue weighted by Gasteiger charge is -2.47. The van der Waals surface area contributed by atoms with Crippen molar-refractivity contribution in [1.82, 2.24) is 14.7 Å². The Kier molecular flexibility index (Phi) is 7.34. The van der Waals surface area contributed by atoms with E-state index in [9.17, 15) is 4.79 Å². The number of nitrogens with zero attached hydrogens (tertiary/aromatic N) is 3. The number of thiophene rings is 1. The lowest BCUT2D eigenvalue weighted by molar-refractivity contribution is -0.134. The number of rotatable bonds is 7. The van der Waals surface area contributed by atoms with E-state index in [1.54, 1.807) is 7.11 Å². The zero-order chi connectivity index (χ0) is 22.6. The van der Waals surface area contributed by atoms with Crippen LogP contribution in [0.2, 0.25) is 0 Å². The maximum Gasteiger partial charge on any atom is 0.227 e. The summed E-state index contributed by atoms with van der Waals surface area (Å²) in [4.78, 5) is 21.9. The van der Waals surface area contributed by atoms with Crippen molar-refractivity contribution in [2.24, 2.45) is 5.92 Å². The molecule has 6 heteroatoms. The number of carbonyl (C=O) groups excluding carboxylic acids is 1. The zero-order valence-electron chi connectivity index (χ0n) is 19.9. The molecule has 0 unspecified atom stereocenters. The van der Waals surface area contributed by atoms with Crippen LogP contribution in [0.5, 0.6) is 5.75 Å². The van der Waals surface area contributed by atoms with Crippen LogP contribution in [0.4, 0.5) is 0 Å². The number of carbonyl (C=O) groups is 1. The van der Waals surface area contributed by atoms with E-state index in [-0.39, 0.29) is 5.91 Å². The molecule has 3 saturated heterocycles. The van der Waals surface area contributed by atoms with Crippen LogP contribution in [0.25, 0.3) is 0 Å². The summed E-state index contributed by atoms with van der Waals surface area (Å²) in [5.41, 5.74) is 2.56. The van der Waals surface area contributed by atoms with Crippen molar-refractivity contribution in [1.29, 1.82) is 0 Å². The predicted molar refractivity (Wildman–Crippen MR) is 134 cm³/mol. The Balaban J connectivity index is 1.15. The van der Waals surface area contributed by atoms with Gasteiger partial charge in [-0.05, 0) is 92.4 Å².